The zero-order chi connectivity index (χ0) is 17.1. The second kappa shape index (κ2) is 6.88. The van der Waals surface area contributed by atoms with Crippen LogP contribution in [0.15, 0.2) is 53.4 Å². The smallest absolute Gasteiger partial charge is 0.358 e. The van der Waals surface area contributed by atoms with Crippen molar-refractivity contribution in [1.29, 1.82) is 0 Å². The number of nitrogens with zero attached hydrogens (tertiary/aromatic N) is 3. The van der Waals surface area contributed by atoms with Gasteiger partial charge in [-0.3, -0.25) is 0 Å². The molecule has 0 saturated carbocycles. The minimum Gasteiger partial charge on any atom is -0.476 e. The van der Waals surface area contributed by atoms with E-state index in [2.05, 4.69) is 10.3 Å². The molecule has 0 aliphatic carbocycles. The topological polar surface area (TPSA) is 68.0 Å². The summed E-state index contributed by atoms with van der Waals surface area (Å²) in [7, 11) is 0. The van der Waals surface area contributed by atoms with Gasteiger partial charge in [0.25, 0.3) is 0 Å². The lowest BCUT2D eigenvalue weighted by molar-refractivity contribution is 0.0689. The molecule has 1 aromatic heterocycles. The van der Waals surface area contributed by atoms with E-state index in [9.17, 15) is 9.90 Å². The number of rotatable bonds is 5. The van der Waals surface area contributed by atoms with Crippen LogP contribution in [0.4, 0.5) is 0 Å². The highest BCUT2D eigenvalue weighted by Gasteiger charge is 2.20. The van der Waals surface area contributed by atoms with Crippen LogP contribution in [0.2, 0.25) is 0 Å². The Morgan fingerprint density at radius 1 is 1.12 bits per heavy atom. The summed E-state index contributed by atoms with van der Waals surface area (Å²) >= 11 is 1.56. The van der Waals surface area contributed by atoms with Crippen molar-refractivity contribution in [2.45, 2.75) is 24.5 Å². The summed E-state index contributed by atoms with van der Waals surface area (Å²) in [5.41, 5.74) is 3.71. The van der Waals surface area contributed by atoms with Crippen LogP contribution in [-0.4, -0.2) is 26.1 Å². The lowest BCUT2D eigenvalue weighted by atomic mass is 10.1. The van der Waals surface area contributed by atoms with E-state index < -0.39 is 5.97 Å². The van der Waals surface area contributed by atoms with Crippen molar-refractivity contribution >= 4 is 17.7 Å². The Balaban J connectivity index is 1.97. The number of carbonyl (C=O) groups is 1. The van der Waals surface area contributed by atoms with Crippen LogP contribution in [0.3, 0.4) is 0 Å². The van der Waals surface area contributed by atoms with Gasteiger partial charge in [-0.05, 0) is 49.2 Å². The lowest BCUT2D eigenvalue weighted by Gasteiger charge is -2.09. The van der Waals surface area contributed by atoms with E-state index in [1.807, 2.05) is 62.4 Å². The highest BCUT2D eigenvalue weighted by atomic mass is 32.2. The van der Waals surface area contributed by atoms with Gasteiger partial charge >= 0.3 is 5.97 Å². The minimum absolute atomic E-state index is 0.00309. The van der Waals surface area contributed by atoms with Crippen LogP contribution in [0.25, 0.3) is 5.69 Å². The fourth-order valence-corrected chi connectivity index (χ4v) is 3.24. The molecule has 1 heterocycles. The first-order valence-electron chi connectivity index (χ1n) is 7.49. The van der Waals surface area contributed by atoms with E-state index >= 15 is 0 Å². The molecule has 0 aliphatic heterocycles. The standard InChI is InChI=1S/C18H17N3O2S/c1-12-8-9-14(10-13(12)2)21-16(17(18(22)23)19-20-21)11-24-15-6-4-3-5-7-15/h3-10H,11H2,1-2H3,(H,22,23). The van der Waals surface area contributed by atoms with Crippen LogP contribution >= 0.6 is 11.8 Å². The van der Waals surface area contributed by atoms with Gasteiger partial charge in [-0.2, -0.15) is 0 Å². The van der Waals surface area contributed by atoms with E-state index in [0.717, 1.165) is 16.1 Å². The van der Waals surface area contributed by atoms with E-state index in [1.165, 1.54) is 5.56 Å². The predicted molar refractivity (Wildman–Crippen MR) is 93.8 cm³/mol. The second-order valence-corrected chi connectivity index (χ2v) is 6.52. The molecule has 6 heteroatoms. The van der Waals surface area contributed by atoms with Gasteiger partial charge in [-0.25, -0.2) is 9.48 Å². The molecule has 0 atom stereocenters. The van der Waals surface area contributed by atoms with Crippen LogP contribution in [0.1, 0.15) is 27.3 Å². The largest absolute Gasteiger partial charge is 0.476 e. The van der Waals surface area contributed by atoms with Crippen molar-refractivity contribution in [3.8, 4) is 5.69 Å². The first-order valence-corrected chi connectivity index (χ1v) is 8.48. The summed E-state index contributed by atoms with van der Waals surface area (Å²) in [6.07, 6.45) is 0. The van der Waals surface area contributed by atoms with E-state index in [4.69, 9.17) is 0 Å². The van der Waals surface area contributed by atoms with Crippen LogP contribution in [-0.2, 0) is 5.75 Å². The predicted octanol–water partition coefficient (Wildman–Crippen LogP) is 3.87. The molecule has 1 N–H and O–H groups in total. The van der Waals surface area contributed by atoms with Gasteiger partial charge in [0.2, 0.25) is 0 Å². The molecule has 3 rings (SSSR count). The van der Waals surface area contributed by atoms with E-state index in [0.29, 0.717) is 11.4 Å². The maximum Gasteiger partial charge on any atom is 0.358 e. The van der Waals surface area contributed by atoms with Gasteiger partial charge in [0, 0.05) is 10.6 Å². The van der Waals surface area contributed by atoms with E-state index in [1.54, 1.807) is 16.4 Å². The Kier molecular flexibility index (Phi) is 4.66. The van der Waals surface area contributed by atoms with Crippen LogP contribution in [0.5, 0.6) is 0 Å². The third-order valence-electron chi connectivity index (χ3n) is 3.82. The molecule has 2 aromatic carbocycles. The van der Waals surface area contributed by atoms with Crippen molar-refractivity contribution in [1.82, 2.24) is 15.0 Å². The third kappa shape index (κ3) is 3.33. The lowest BCUT2D eigenvalue weighted by Crippen LogP contribution is -2.06. The number of aromatic nitrogens is 3. The van der Waals surface area contributed by atoms with Crippen molar-refractivity contribution in [2.75, 3.05) is 0 Å². The van der Waals surface area contributed by atoms with Crippen molar-refractivity contribution < 1.29 is 9.90 Å². The summed E-state index contributed by atoms with van der Waals surface area (Å²) < 4.78 is 1.62. The molecular formula is C18H17N3O2S. The number of thioether (sulfide) groups is 1. The van der Waals surface area contributed by atoms with E-state index in [-0.39, 0.29) is 5.69 Å². The fourth-order valence-electron chi connectivity index (χ4n) is 2.33. The highest BCUT2D eigenvalue weighted by Crippen LogP contribution is 2.25. The van der Waals surface area contributed by atoms with Crippen molar-refractivity contribution in [2.24, 2.45) is 0 Å². The summed E-state index contributed by atoms with van der Waals surface area (Å²) in [4.78, 5) is 12.5. The SMILES string of the molecule is Cc1ccc(-n2nnc(C(=O)O)c2CSc2ccccc2)cc1C. The third-order valence-corrected chi connectivity index (χ3v) is 4.84. The molecule has 0 radical (unpaired) electrons. The van der Waals surface area contributed by atoms with Gasteiger partial charge in [-0.15, -0.1) is 16.9 Å². The normalized spacial score (nSPS) is 10.8. The maximum atomic E-state index is 11.5. The number of aromatic carboxylic acids is 1. The number of carboxylic acids is 1. The molecule has 0 spiro atoms. The molecule has 0 fully saturated rings. The first-order chi connectivity index (χ1) is 11.6. The summed E-state index contributed by atoms with van der Waals surface area (Å²) in [6.45, 7) is 4.06. The zero-order valence-electron chi connectivity index (χ0n) is 13.4. The number of hydrogen-bond acceptors (Lipinski definition) is 4. The van der Waals surface area contributed by atoms with Gasteiger partial charge in [-0.1, -0.05) is 29.5 Å². The molecule has 3 aromatic rings. The van der Waals surface area contributed by atoms with Gasteiger partial charge in [0.15, 0.2) is 5.69 Å². The van der Waals surface area contributed by atoms with Crippen molar-refractivity contribution in [3.05, 3.63) is 71.0 Å². The monoisotopic (exact) mass is 339 g/mol. The first kappa shape index (κ1) is 16.3. The molecule has 0 amide bonds. The van der Waals surface area contributed by atoms with Crippen molar-refractivity contribution in [3.63, 3.8) is 0 Å². The second-order valence-electron chi connectivity index (χ2n) is 5.47. The van der Waals surface area contributed by atoms with Gasteiger partial charge < -0.3 is 5.11 Å². The maximum absolute atomic E-state index is 11.5. The Hall–Kier alpha value is -2.60. The molecule has 24 heavy (non-hydrogen) atoms. The van der Waals surface area contributed by atoms with Crippen LogP contribution < -0.4 is 0 Å². The molecule has 122 valence electrons. The minimum atomic E-state index is -1.06. The fraction of sp³-hybridized carbons (Fsp3) is 0.167. The summed E-state index contributed by atoms with van der Waals surface area (Å²) in [5, 5.41) is 17.3. The number of aryl methyl sites for hydroxylation is 2. The van der Waals surface area contributed by atoms with Crippen LogP contribution in [0, 0.1) is 13.8 Å². The molecule has 0 unspecified atom stereocenters. The highest BCUT2D eigenvalue weighted by molar-refractivity contribution is 7.98. The molecule has 5 nitrogen and oxygen atoms in total. The zero-order valence-corrected chi connectivity index (χ0v) is 14.2. The molecule has 0 bridgehead atoms. The summed E-state index contributed by atoms with van der Waals surface area (Å²) in [6, 6.07) is 15.8. The Morgan fingerprint density at radius 2 is 1.88 bits per heavy atom. The Labute approximate surface area is 144 Å². The van der Waals surface area contributed by atoms with Gasteiger partial charge in [0.1, 0.15) is 0 Å². The molecular weight excluding hydrogens is 322 g/mol. The number of carboxylic acid groups (broad SMARTS) is 1. The quantitative estimate of drug-likeness (QED) is 0.715. The summed E-state index contributed by atoms with van der Waals surface area (Å²) in [5.74, 6) is -0.584. The average Bonchev–Trinajstić information content (AvgIpc) is 3.00. The Bertz CT molecular complexity index is 875. The molecule has 0 aliphatic rings. The number of benzene rings is 2. The van der Waals surface area contributed by atoms with Gasteiger partial charge in [0.05, 0.1) is 11.4 Å². The molecule has 0 saturated heterocycles. The number of hydrogen-bond donors (Lipinski definition) is 1. The average molecular weight is 339 g/mol. The Morgan fingerprint density at radius 3 is 2.54 bits per heavy atom.